The van der Waals surface area contributed by atoms with Gasteiger partial charge >= 0.3 is 0 Å². The molecular weight excluding hydrogens is 223 g/mol. The predicted octanol–water partition coefficient (Wildman–Crippen LogP) is 3.07. The predicted molar refractivity (Wildman–Crippen MR) is 56.1 cm³/mol. The SMILES string of the molecule is CC(=O)c1c[nH]c2nc(Cl)cc(Cl)c12. The van der Waals surface area contributed by atoms with Crippen LogP contribution in [-0.4, -0.2) is 15.8 Å². The smallest absolute Gasteiger partial charge is 0.162 e. The van der Waals surface area contributed by atoms with E-state index >= 15 is 0 Å². The molecule has 72 valence electrons. The molecular formula is C9H6Cl2N2O. The van der Waals surface area contributed by atoms with Gasteiger partial charge < -0.3 is 4.98 Å². The van der Waals surface area contributed by atoms with Crippen molar-refractivity contribution in [2.75, 3.05) is 0 Å². The second-order valence-electron chi connectivity index (χ2n) is 2.91. The van der Waals surface area contributed by atoms with Crippen LogP contribution < -0.4 is 0 Å². The molecule has 5 heteroatoms. The number of carbonyl (C=O) groups is 1. The van der Waals surface area contributed by atoms with E-state index in [-0.39, 0.29) is 5.78 Å². The van der Waals surface area contributed by atoms with Gasteiger partial charge in [0.05, 0.1) is 5.02 Å². The summed E-state index contributed by atoms with van der Waals surface area (Å²) in [7, 11) is 0. The zero-order valence-corrected chi connectivity index (χ0v) is 8.78. The monoisotopic (exact) mass is 228 g/mol. The molecule has 0 aliphatic rings. The van der Waals surface area contributed by atoms with Gasteiger partial charge in [0, 0.05) is 17.1 Å². The van der Waals surface area contributed by atoms with Gasteiger partial charge in [-0.05, 0) is 13.0 Å². The van der Waals surface area contributed by atoms with Crippen LogP contribution in [0.25, 0.3) is 11.0 Å². The number of nitrogens with zero attached hydrogens (tertiary/aromatic N) is 1. The maximum Gasteiger partial charge on any atom is 0.162 e. The number of H-pyrrole nitrogens is 1. The van der Waals surface area contributed by atoms with Gasteiger partial charge in [0.25, 0.3) is 0 Å². The Morgan fingerprint density at radius 3 is 2.86 bits per heavy atom. The van der Waals surface area contributed by atoms with Crippen LogP contribution in [0.15, 0.2) is 12.3 Å². The molecule has 0 fully saturated rings. The van der Waals surface area contributed by atoms with Gasteiger partial charge in [-0.25, -0.2) is 4.98 Å². The lowest BCUT2D eigenvalue weighted by atomic mass is 10.1. The Hall–Kier alpha value is -1.06. The summed E-state index contributed by atoms with van der Waals surface area (Å²) < 4.78 is 0. The van der Waals surface area contributed by atoms with Crippen molar-refractivity contribution >= 4 is 40.0 Å². The van der Waals surface area contributed by atoms with Gasteiger partial charge in [-0.1, -0.05) is 23.2 Å². The Bertz CT molecular complexity index is 519. The molecule has 2 aromatic rings. The first-order valence-electron chi connectivity index (χ1n) is 3.93. The zero-order chi connectivity index (χ0) is 10.3. The molecule has 2 heterocycles. The molecule has 0 atom stereocenters. The fraction of sp³-hybridized carbons (Fsp3) is 0.111. The minimum atomic E-state index is -0.0535. The van der Waals surface area contributed by atoms with E-state index in [0.717, 1.165) is 0 Å². The second kappa shape index (κ2) is 3.26. The number of hydrogen-bond donors (Lipinski definition) is 1. The van der Waals surface area contributed by atoms with Gasteiger partial charge in [0.1, 0.15) is 10.8 Å². The molecule has 2 rings (SSSR count). The molecule has 0 aliphatic heterocycles. The molecule has 0 spiro atoms. The molecule has 0 amide bonds. The summed E-state index contributed by atoms with van der Waals surface area (Å²) in [5.74, 6) is -0.0535. The van der Waals surface area contributed by atoms with E-state index in [2.05, 4.69) is 9.97 Å². The first-order chi connectivity index (χ1) is 6.59. The van der Waals surface area contributed by atoms with Crippen LogP contribution in [0.1, 0.15) is 17.3 Å². The molecule has 3 nitrogen and oxygen atoms in total. The van der Waals surface area contributed by atoms with E-state index in [9.17, 15) is 4.79 Å². The first-order valence-corrected chi connectivity index (χ1v) is 4.69. The summed E-state index contributed by atoms with van der Waals surface area (Å²) in [4.78, 5) is 18.1. The zero-order valence-electron chi connectivity index (χ0n) is 7.27. The number of pyridine rings is 1. The summed E-state index contributed by atoms with van der Waals surface area (Å²) in [6.45, 7) is 1.48. The minimum Gasteiger partial charge on any atom is -0.345 e. The van der Waals surface area contributed by atoms with Gasteiger partial charge in [-0.3, -0.25) is 4.79 Å². The maximum absolute atomic E-state index is 11.2. The fourth-order valence-electron chi connectivity index (χ4n) is 1.34. The molecule has 0 radical (unpaired) electrons. The molecule has 0 aromatic carbocycles. The average molecular weight is 229 g/mol. The first kappa shape index (κ1) is 9.49. The lowest BCUT2D eigenvalue weighted by molar-refractivity contribution is 0.101. The third-order valence-electron chi connectivity index (χ3n) is 1.94. The van der Waals surface area contributed by atoms with Crippen LogP contribution in [-0.2, 0) is 0 Å². The lowest BCUT2D eigenvalue weighted by Gasteiger charge is -1.96. The Morgan fingerprint density at radius 2 is 2.21 bits per heavy atom. The second-order valence-corrected chi connectivity index (χ2v) is 3.70. The number of nitrogens with one attached hydrogen (secondary N) is 1. The highest BCUT2D eigenvalue weighted by Gasteiger charge is 2.12. The van der Waals surface area contributed by atoms with E-state index in [4.69, 9.17) is 23.2 Å². The van der Waals surface area contributed by atoms with Crippen molar-refractivity contribution in [1.82, 2.24) is 9.97 Å². The minimum absolute atomic E-state index is 0.0535. The molecule has 0 aliphatic carbocycles. The van der Waals surface area contributed by atoms with Crippen molar-refractivity contribution in [2.24, 2.45) is 0 Å². The number of halogens is 2. The number of aromatic nitrogens is 2. The molecule has 2 aromatic heterocycles. The number of hydrogen-bond acceptors (Lipinski definition) is 2. The summed E-state index contributed by atoms with van der Waals surface area (Å²) in [5, 5.41) is 1.37. The number of fused-ring (bicyclic) bond motifs is 1. The highest BCUT2D eigenvalue weighted by Crippen LogP contribution is 2.27. The van der Waals surface area contributed by atoms with Gasteiger partial charge in [-0.15, -0.1) is 0 Å². The van der Waals surface area contributed by atoms with E-state index < -0.39 is 0 Å². The van der Waals surface area contributed by atoms with Crippen molar-refractivity contribution < 1.29 is 4.79 Å². The summed E-state index contributed by atoms with van der Waals surface area (Å²) >= 11 is 11.7. The fourth-order valence-corrected chi connectivity index (χ4v) is 1.88. The molecule has 14 heavy (non-hydrogen) atoms. The molecule has 0 saturated carbocycles. The van der Waals surface area contributed by atoms with Crippen LogP contribution >= 0.6 is 23.2 Å². The number of Topliss-reactive ketones (excluding diaryl/α,β-unsaturated/α-hetero) is 1. The van der Waals surface area contributed by atoms with Crippen LogP contribution in [0.3, 0.4) is 0 Å². The summed E-state index contributed by atoms with van der Waals surface area (Å²) in [6.07, 6.45) is 1.59. The number of rotatable bonds is 1. The van der Waals surface area contributed by atoms with Crippen LogP contribution in [0, 0.1) is 0 Å². The summed E-state index contributed by atoms with van der Waals surface area (Å²) in [5.41, 5.74) is 1.07. The molecule has 0 unspecified atom stereocenters. The van der Waals surface area contributed by atoms with Gasteiger partial charge in [-0.2, -0.15) is 0 Å². The Labute approximate surface area is 90.0 Å². The average Bonchev–Trinajstić information content (AvgIpc) is 2.47. The number of aromatic amines is 1. The Kier molecular flexibility index (Phi) is 2.21. The molecule has 0 saturated heterocycles. The van der Waals surface area contributed by atoms with E-state index in [1.54, 1.807) is 6.20 Å². The Balaban J connectivity index is 2.85. The number of carbonyl (C=O) groups excluding carboxylic acids is 1. The van der Waals surface area contributed by atoms with Crippen molar-refractivity contribution in [1.29, 1.82) is 0 Å². The maximum atomic E-state index is 11.2. The number of ketones is 1. The van der Waals surface area contributed by atoms with Crippen molar-refractivity contribution in [2.45, 2.75) is 6.92 Å². The van der Waals surface area contributed by atoms with E-state index in [1.807, 2.05) is 0 Å². The van der Waals surface area contributed by atoms with Crippen LogP contribution in [0.5, 0.6) is 0 Å². The third-order valence-corrected chi connectivity index (χ3v) is 2.43. The molecule has 0 bridgehead atoms. The largest absolute Gasteiger partial charge is 0.345 e. The highest BCUT2D eigenvalue weighted by molar-refractivity contribution is 6.38. The van der Waals surface area contributed by atoms with E-state index in [0.29, 0.717) is 26.8 Å². The lowest BCUT2D eigenvalue weighted by Crippen LogP contribution is -1.89. The van der Waals surface area contributed by atoms with Crippen molar-refractivity contribution in [3.05, 3.63) is 28.0 Å². The quantitative estimate of drug-likeness (QED) is 0.603. The van der Waals surface area contributed by atoms with Crippen LogP contribution in [0.2, 0.25) is 10.2 Å². The van der Waals surface area contributed by atoms with Crippen LogP contribution in [0.4, 0.5) is 0 Å². The van der Waals surface area contributed by atoms with Crippen molar-refractivity contribution in [3.63, 3.8) is 0 Å². The van der Waals surface area contributed by atoms with Gasteiger partial charge in [0.15, 0.2) is 5.78 Å². The van der Waals surface area contributed by atoms with Crippen molar-refractivity contribution in [3.8, 4) is 0 Å². The van der Waals surface area contributed by atoms with Gasteiger partial charge in [0.2, 0.25) is 0 Å². The highest BCUT2D eigenvalue weighted by atomic mass is 35.5. The normalized spacial score (nSPS) is 10.8. The summed E-state index contributed by atoms with van der Waals surface area (Å²) in [6, 6.07) is 1.52. The van der Waals surface area contributed by atoms with E-state index in [1.165, 1.54) is 13.0 Å². The standard InChI is InChI=1S/C9H6Cl2N2O/c1-4(14)5-3-12-9-8(5)6(10)2-7(11)13-9/h2-3H,1H3,(H,12,13). The third kappa shape index (κ3) is 1.38. The topological polar surface area (TPSA) is 45.8 Å². The molecule has 1 N–H and O–H groups in total. The Morgan fingerprint density at radius 1 is 1.50 bits per heavy atom.